The van der Waals surface area contributed by atoms with E-state index in [2.05, 4.69) is 92.0 Å². The molecule has 0 amide bonds. The predicted molar refractivity (Wildman–Crippen MR) is 115 cm³/mol. The van der Waals surface area contributed by atoms with Crippen molar-refractivity contribution >= 4 is 0 Å². The van der Waals surface area contributed by atoms with Crippen molar-refractivity contribution in [1.82, 2.24) is 5.32 Å². The maximum atomic E-state index is 12.1. The first-order valence-electron chi connectivity index (χ1n) is 10.2. The first kappa shape index (κ1) is 18.9. The number of aliphatic hydroxyl groups is 1. The van der Waals surface area contributed by atoms with Crippen LogP contribution in [0.15, 0.2) is 91.0 Å². The van der Waals surface area contributed by atoms with Gasteiger partial charge in [-0.05, 0) is 16.7 Å². The normalized spacial score (nSPS) is 30.1. The second kappa shape index (κ2) is 7.90. The Morgan fingerprint density at radius 1 is 0.679 bits per heavy atom. The van der Waals surface area contributed by atoms with E-state index in [0.717, 1.165) is 0 Å². The third-order valence-electron chi connectivity index (χ3n) is 6.58. The zero-order chi connectivity index (χ0) is 19.6. The number of piperidine rings is 1. The highest BCUT2D eigenvalue weighted by Crippen LogP contribution is 2.48. The van der Waals surface area contributed by atoms with Crippen molar-refractivity contribution in [1.29, 1.82) is 0 Å². The Bertz CT molecular complexity index is 827. The topological polar surface area (TPSA) is 32.3 Å². The van der Waals surface area contributed by atoms with Gasteiger partial charge in [0.15, 0.2) is 0 Å². The average Bonchev–Trinajstić information content (AvgIpc) is 2.75. The molecule has 0 aliphatic carbocycles. The summed E-state index contributed by atoms with van der Waals surface area (Å²) in [5.74, 6) is 0.148. The summed E-state index contributed by atoms with van der Waals surface area (Å²) in [4.78, 5) is 0. The molecule has 4 rings (SSSR count). The van der Waals surface area contributed by atoms with E-state index >= 15 is 0 Å². The molecule has 0 aromatic heterocycles. The molecule has 0 unspecified atom stereocenters. The molecule has 0 spiro atoms. The molecule has 2 heteroatoms. The molecular formula is C26H29NO. The number of hydrogen-bond acceptors (Lipinski definition) is 2. The van der Waals surface area contributed by atoms with E-state index in [0.29, 0.717) is 6.42 Å². The fraction of sp³-hybridized carbons (Fsp3) is 0.308. The van der Waals surface area contributed by atoms with E-state index in [9.17, 15) is 5.11 Å². The van der Waals surface area contributed by atoms with Gasteiger partial charge in [-0.1, -0.05) is 105 Å². The van der Waals surface area contributed by atoms with Crippen molar-refractivity contribution in [3.63, 3.8) is 0 Å². The van der Waals surface area contributed by atoms with Gasteiger partial charge in [0.2, 0.25) is 0 Å². The third-order valence-corrected chi connectivity index (χ3v) is 6.58. The Hall–Kier alpha value is -2.42. The predicted octanol–water partition coefficient (Wildman–Crippen LogP) is 5.32. The summed E-state index contributed by atoms with van der Waals surface area (Å²) in [5.41, 5.74) is 2.83. The van der Waals surface area contributed by atoms with E-state index < -0.39 is 5.60 Å². The van der Waals surface area contributed by atoms with Crippen LogP contribution >= 0.6 is 0 Å². The van der Waals surface area contributed by atoms with Gasteiger partial charge in [0.25, 0.3) is 0 Å². The molecule has 3 aromatic rings. The highest BCUT2D eigenvalue weighted by Gasteiger charge is 2.51. The summed E-state index contributed by atoms with van der Waals surface area (Å²) >= 11 is 0. The van der Waals surface area contributed by atoms with Gasteiger partial charge in [0.05, 0.1) is 5.60 Å². The SMILES string of the molecule is C[C@@H]1[C@H](c2ccccc2)N[C@@H](c2ccccc2)[C@@H](C)C1(O)Cc1ccccc1. The summed E-state index contributed by atoms with van der Waals surface area (Å²) in [6.07, 6.45) is 0.657. The second-order valence-electron chi connectivity index (χ2n) is 8.17. The number of nitrogens with one attached hydrogen (secondary N) is 1. The smallest absolute Gasteiger partial charge is 0.0774 e. The minimum Gasteiger partial charge on any atom is -0.389 e. The summed E-state index contributed by atoms with van der Waals surface area (Å²) in [6, 6.07) is 31.6. The molecule has 1 saturated heterocycles. The minimum atomic E-state index is -0.812. The van der Waals surface area contributed by atoms with Crippen molar-refractivity contribution in [3.8, 4) is 0 Å². The van der Waals surface area contributed by atoms with Gasteiger partial charge in [-0.2, -0.15) is 0 Å². The van der Waals surface area contributed by atoms with Crippen LogP contribution in [-0.4, -0.2) is 10.7 Å². The molecule has 1 fully saturated rings. The molecule has 2 N–H and O–H groups in total. The van der Waals surface area contributed by atoms with Crippen LogP contribution in [-0.2, 0) is 6.42 Å². The van der Waals surface area contributed by atoms with Crippen molar-refractivity contribution in [2.45, 2.75) is 38.0 Å². The highest BCUT2D eigenvalue weighted by atomic mass is 16.3. The number of benzene rings is 3. The van der Waals surface area contributed by atoms with Gasteiger partial charge < -0.3 is 10.4 Å². The van der Waals surface area contributed by atoms with Crippen LogP contribution in [0.1, 0.15) is 42.6 Å². The summed E-state index contributed by atoms with van der Waals surface area (Å²) in [7, 11) is 0. The lowest BCUT2D eigenvalue weighted by Gasteiger charge is -2.52. The molecule has 144 valence electrons. The van der Waals surface area contributed by atoms with Crippen LogP contribution in [0.2, 0.25) is 0 Å². The van der Waals surface area contributed by atoms with Gasteiger partial charge in [0, 0.05) is 30.3 Å². The van der Waals surface area contributed by atoms with E-state index in [4.69, 9.17) is 0 Å². The van der Waals surface area contributed by atoms with Crippen LogP contribution < -0.4 is 5.32 Å². The Labute approximate surface area is 168 Å². The lowest BCUT2D eigenvalue weighted by Crippen LogP contribution is -2.58. The van der Waals surface area contributed by atoms with Crippen LogP contribution in [0.25, 0.3) is 0 Å². The first-order valence-corrected chi connectivity index (χ1v) is 10.2. The monoisotopic (exact) mass is 371 g/mol. The molecule has 3 aromatic carbocycles. The maximum Gasteiger partial charge on any atom is 0.0774 e. The number of rotatable bonds is 4. The highest BCUT2D eigenvalue weighted by molar-refractivity contribution is 5.29. The zero-order valence-electron chi connectivity index (χ0n) is 16.6. The Kier molecular flexibility index (Phi) is 5.34. The van der Waals surface area contributed by atoms with Crippen molar-refractivity contribution in [2.24, 2.45) is 11.8 Å². The van der Waals surface area contributed by atoms with Crippen LogP contribution in [0.3, 0.4) is 0 Å². The van der Waals surface area contributed by atoms with Crippen molar-refractivity contribution < 1.29 is 5.11 Å². The molecule has 1 aliphatic rings. The molecule has 1 heterocycles. The third kappa shape index (κ3) is 3.50. The first-order chi connectivity index (χ1) is 13.6. The minimum absolute atomic E-state index is 0.0741. The van der Waals surface area contributed by atoms with Crippen LogP contribution in [0.5, 0.6) is 0 Å². The van der Waals surface area contributed by atoms with Gasteiger partial charge in [-0.15, -0.1) is 0 Å². The van der Waals surface area contributed by atoms with E-state index in [1.165, 1.54) is 16.7 Å². The fourth-order valence-corrected chi connectivity index (χ4v) is 4.81. The quantitative estimate of drug-likeness (QED) is 0.651. The van der Waals surface area contributed by atoms with E-state index in [-0.39, 0.29) is 23.9 Å². The average molecular weight is 372 g/mol. The number of hydrogen-bond donors (Lipinski definition) is 2. The molecule has 0 saturated carbocycles. The van der Waals surface area contributed by atoms with E-state index in [1.54, 1.807) is 0 Å². The van der Waals surface area contributed by atoms with Gasteiger partial charge in [-0.3, -0.25) is 0 Å². The van der Waals surface area contributed by atoms with Gasteiger partial charge >= 0.3 is 0 Å². The Balaban J connectivity index is 1.76. The summed E-state index contributed by atoms with van der Waals surface area (Å²) in [5, 5.41) is 16.0. The lowest BCUT2D eigenvalue weighted by molar-refractivity contribution is -0.110. The lowest BCUT2D eigenvalue weighted by atomic mass is 9.64. The maximum absolute atomic E-state index is 12.1. The zero-order valence-corrected chi connectivity index (χ0v) is 16.6. The summed E-state index contributed by atoms with van der Waals surface area (Å²) in [6.45, 7) is 4.37. The molecule has 1 aliphatic heterocycles. The van der Waals surface area contributed by atoms with Crippen molar-refractivity contribution in [2.75, 3.05) is 0 Å². The molecule has 4 atom stereocenters. The molecular weight excluding hydrogens is 342 g/mol. The largest absolute Gasteiger partial charge is 0.389 e. The Morgan fingerprint density at radius 2 is 1.07 bits per heavy atom. The van der Waals surface area contributed by atoms with Crippen molar-refractivity contribution in [3.05, 3.63) is 108 Å². The van der Waals surface area contributed by atoms with E-state index in [1.807, 2.05) is 18.2 Å². The molecule has 2 nitrogen and oxygen atoms in total. The standard InChI is InChI=1S/C26H29NO/c1-19-24(22-14-8-4-9-15-22)27-25(23-16-10-5-11-17-23)20(2)26(19,28)18-21-12-6-3-7-13-21/h3-17,19-20,24-25,27-28H,18H2,1-2H3/t19-,20-,24-,25-/m1/s1. The molecule has 0 radical (unpaired) electrons. The van der Waals surface area contributed by atoms with Crippen LogP contribution in [0.4, 0.5) is 0 Å². The summed E-state index contributed by atoms with van der Waals surface area (Å²) < 4.78 is 0. The van der Waals surface area contributed by atoms with Crippen LogP contribution in [0, 0.1) is 11.8 Å². The second-order valence-corrected chi connectivity index (χ2v) is 8.17. The Morgan fingerprint density at radius 3 is 1.50 bits per heavy atom. The van der Waals surface area contributed by atoms with Gasteiger partial charge in [0.1, 0.15) is 0 Å². The van der Waals surface area contributed by atoms with Gasteiger partial charge in [-0.25, -0.2) is 0 Å². The molecule has 28 heavy (non-hydrogen) atoms. The molecule has 0 bridgehead atoms. The fourth-order valence-electron chi connectivity index (χ4n) is 4.81.